The molecule has 100 valence electrons. The quantitative estimate of drug-likeness (QED) is 0.701. The van der Waals surface area contributed by atoms with E-state index in [9.17, 15) is 0 Å². The van der Waals surface area contributed by atoms with Crippen LogP contribution in [-0.4, -0.2) is 4.98 Å². The van der Waals surface area contributed by atoms with Crippen molar-refractivity contribution in [2.45, 2.75) is 6.54 Å². The average molecular weight is 376 g/mol. The third-order valence-electron chi connectivity index (χ3n) is 3.01. The first-order valence-electron chi connectivity index (χ1n) is 6.28. The van der Waals surface area contributed by atoms with Gasteiger partial charge in [0.25, 0.3) is 0 Å². The standard InChI is InChI=1S/C16H13IN2O/c17-13-5-7-14(8-6-13)20-16-12(10-18)9-11-3-1-2-4-15(11)19-16/h1-9H,10,18H2. The Balaban J connectivity index is 2.03. The van der Waals surface area contributed by atoms with Crippen LogP contribution in [0.15, 0.2) is 54.6 Å². The third kappa shape index (κ3) is 2.76. The molecule has 0 amide bonds. The van der Waals surface area contributed by atoms with Crippen LogP contribution in [0.1, 0.15) is 5.56 Å². The van der Waals surface area contributed by atoms with Gasteiger partial charge in [-0.05, 0) is 59.0 Å². The number of pyridine rings is 1. The topological polar surface area (TPSA) is 48.1 Å². The highest BCUT2D eigenvalue weighted by Crippen LogP contribution is 2.27. The number of para-hydroxylation sites is 1. The minimum absolute atomic E-state index is 0.400. The molecule has 2 N–H and O–H groups in total. The molecule has 1 heterocycles. The van der Waals surface area contributed by atoms with Gasteiger partial charge in [-0.1, -0.05) is 18.2 Å². The average Bonchev–Trinajstić information content (AvgIpc) is 2.49. The summed E-state index contributed by atoms with van der Waals surface area (Å²) >= 11 is 2.26. The zero-order chi connectivity index (χ0) is 13.9. The molecule has 0 spiro atoms. The van der Waals surface area contributed by atoms with Crippen molar-refractivity contribution in [3.63, 3.8) is 0 Å². The monoisotopic (exact) mass is 376 g/mol. The first kappa shape index (κ1) is 13.3. The summed E-state index contributed by atoms with van der Waals surface area (Å²) in [6, 6.07) is 17.8. The van der Waals surface area contributed by atoms with E-state index in [1.54, 1.807) is 0 Å². The van der Waals surface area contributed by atoms with Gasteiger partial charge in [-0.2, -0.15) is 0 Å². The summed E-state index contributed by atoms with van der Waals surface area (Å²) in [5.74, 6) is 1.34. The first-order chi connectivity index (χ1) is 9.76. The number of hydrogen-bond donors (Lipinski definition) is 1. The summed E-state index contributed by atoms with van der Waals surface area (Å²) in [6.07, 6.45) is 0. The number of ether oxygens (including phenoxy) is 1. The number of nitrogens with zero attached hydrogens (tertiary/aromatic N) is 1. The molecule has 0 radical (unpaired) electrons. The van der Waals surface area contributed by atoms with Crippen LogP contribution in [0, 0.1) is 3.57 Å². The number of aromatic nitrogens is 1. The van der Waals surface area contributed by atoms with Gasteiger partial charge < -0.3 is 10.5 Å². The lowest BCUT2D eigenvalue weighted by molar-refractivity contribution is 0.458. The Morgan fingerprint density at radius 1 is 1.05 bits per heavy atom. The van der Waals surface area contributed by atoms with Gasteiger partial charge in [-0.3, -0.25) is 0 Å². The fraction of sp³-hybridized carbons (Fsp3) is 0.0625. The Hall–Kier alpha value is -1.66. The van der Waals surface area contributed by atoms with E-state index in [-0.39, 0.29) is 0 Å². The van der Waals surface area contributed by atoms with Gasteiger partial charge in [0.1, 0.15) is 5.75 Å². The lowest BCUT2D eigenvalue weighted by Gasteiger charge is -2.10. The van der Waals surface area contributed by atoms with Crippen LogP contribution in [-0.2, 0) is 6.54 Å². The maximum absolute atomic E-state index is 5.87. The van der Waals surface area contributed by atoms with E-state index >= 15 is 0 Å². The van der Waals surface area contributed by atoms with Crippen molar-refractivity contribution < 1.29 is 4.74 Å². The van der Waals surface area contributed by atoms with Gasteiger partial charge in [0.2, 0.25) is 5.88 Å². The van der Waals surface area contributed by atoms with E-state index in [4.69, 9.17) is 10.5 Å². The molecule has 4 heteroatoms. The summed E-state index contributed by atoms with van der Waals surface area (Å²) in [6.45, 7) is 0.400. The summed E-state index contributed by atoms with van der Waals surface area (Å²) in [7, 11) is 0. The molecular formula is C16H13IN2O. The van der Waals surface area contributed by atoms with Crippen molar-refractivity contribution in [1.29, 1.82) is 0 Å². The van der Waals surface area contributed by atoms with Crippen LogP contribution in [0.5, 0.6) is 11.6 Å². The van der Waals surface area contributed by atoms with Gasteiger partial charge in [-0.25, -0.2) is 4.98 Å². The van der Waals surface area contributed by atoms with E-state index < -0.39 is 0 Å². The van der Waals surface area contributed by atoms with Gasteiger partial charge in [0.15, 0.2) is 0 Å². The van der Waals surface area contributed by atoms with E-state index in [1.807, 2.05) is 54.6 Å². The highest BCUT2D eigenvalue weighted by atomic mass is 127. The fourth-order valence-electron chi connectivity index (χ4n) is 1.99. The lowest BCUT2D eigenvalue weighted by atomic mass is 10.1. The van der Waals surface area contributed by atoms with Crippen molar-refractivity contribution in [2.75, 3.05) is 0 Å². The minimum atomic E-state index is 0.400. The van der Waals surface area contributed by atoms with Crippen LogP contribution in [0.4, 0.5) is 0 Å². The van der Waals surface area contributed by atoms with Gasteiger partial charge in [0, 0.05) is 21.1 Å². The molecule has 3 nitrogen and oxygen atoms in total. The molecule has 0 unspecified atom stereocenters. The summed E-state index contributed by atoms with van der Waals surface area (Å²) in [4.78, 5) is 4.56. The Morgan fingerprint density at radius 3 is 2.55 bits per heavy atom. The molecule has 1 aromatic heterocycles. The van der Waals surface area contributed by atoms with Crippen LogP contribution in [0.25, 0.3) is 10.9 Å². The fourth-order valence-corrected chi connectivity index (χ4v) is 2.35. The number of nitrogens with two attached hydrogens (primary N) is 1. The van der Waals surface area contributed by atoms with Crippen molar-refractivity contribution in [3.05, 3.63) is 63.7 Å². The van der Waals surface area contributed by atoms with Crippen molar-refractivity contribution >= 4 is 33.5 Å². The van der Waals surface area contributed by atoms with E-state index in [2.05, 4.69) is 27.6 Å². The summed E-state index contributed by atoms with van der Waals surface area (Å²) in [5.41, 5.74) is 7.61. The number of benzene rings is 2. The number of hydrogen-bond acceptors (Lipinski definition) is 3. The molecule has 0 aliphatic heterocycles. The molecular weight excluding hydrogens is 363 g/mol. The van der Waals surface area contributed by atoms with E-state index in [0.29, 0.717) is 12.4 Å². The largest absolute Gasteiger partial charge is 0.439 e. The Kier molecular flexibility index (Phi) is 3.84. The van der Waals surface area contributed by atoms with Crippen LogP contribution in [0.3, 0.4) is 0 Å². The van der Waals surface area contributed by atoms with E-state index in [1.165, 1.54) is 3.57 Å². The smallest absolute Gasteiger partial charge is 0.224 e. The zero-order valence-corrected chi connectivity index (χ0v) is 12.9. The second-order valence-corrected chi connectivity index (χ2v) is 5.65. The van der Waals surface area contributed by atoms with Gasteiger partial charge in [0.05, 0.1) is 5.52 Å². The number of fused-ring (bicyclic) bond motifs is 1. The Bertz CT molecular complexity index is 741. The molecule has 0 atom stereocenters. The lowest BCUT2D eigenvalue weighted by Crippen LogP contribution is -2.01. The molecule has 0 aliphatic carbocycles. The first-order valence-corrected chi connectivity index (χ1v) is 7.36. The zero-order valence-electron chi connectivity index (χ0n) is 10.7. The predicted molar refractivity (Wildman–Crippen MR) is 88.9 cm³/mol. The van der Waals surface area contributed by atoms with Crippen LogP contribution >= 0.6 is 22.6 Å². The van der Waals surface area contributed by atoms with Crippen molar-refractivity contribution in [1.82, 2.24) is 4.98 Å². The number of halogens is 1. The normalized spacial score (nSPS) is 10.7. The maximum atomic E-state index is 5.87. The SMILES string of the molecule is NCc1cc2ccccc2nc1Oc1ccc(I)cc1. The van der Waals surface area contributed by atoms with Gasteiger partial charge in [-0.15, -0.1) is 0 Å². The van der Waals surface area contributed by atoms with E-state index in [0.717, 1.165) is 22.2 Å². The van der Waals surface area contributed by atoms with Crippen molar-refractivity contribution in [2.24, 2.45) is 5.73 Å². The van der Waals surface area contributed by atoms with Crippen LogP contribution in [0.2, 0.25) is 0 Å². The van der Waals surface area contributed by atoms with Crippen molar-refractivity contribution in [3.8, 4) is 11.6 Å². The number of rotatable bonds is 3. The maximum Gasteiger partial charge on any atom is 0.224 e. The molecule has 0 fully saturated rings. The Morgan fingerprint density at radius 2 is 1.80 bits per heavy atom. The Labute approximate surface area is 130 Å². The molecule has 2 aromatic carbocycles. The van der Waals surface area contributed by atoms with Gasteiger partial charge >= 0.3 is 0 Å². The summed E-state index contributed by atoms with van der Waals surface area (Å²) in [5, 5.41) is 1.07. The second kappa shape index (κ2) is 5.76. The molecule has 0 aliphatic rings. The highest BCUT2D eigenvalue weighted by Gasteiger charge is 2.08. The molecule has 0 saturated carbocycles. The third-order valence-corrected chi connectivity index (χ3v) is 3.73. The molecule has 3 aromatic rings. The molecule has 3 rings (SSSR count). The minimum Gasteiger partial charge on any atom is -0.439 e. The highest BCUT2D eigenvalue weighted by molar-refractivity contribution is 14.1. The molecule has 20 heavy (non-hydrogen) atoms. The van der Waals surface area contributed by atoms with Crippen LogP contribution < -0.4 is 10.5 Å². The summed E-state index contributed by atoms with van der Waals surface area (Å²) < 4.78 is 7.04. The predicted octanol–water partition coefficient (Wildman–Crippen LogP) is 4.09. The molecule has 0 saturated heterocycles. The second-order valence-electron chi connectivity index (χ2n) is 4.41. The molecule has 0 bridgehead atoms.